The summed E-state index contributed by atoms with van der Waals surface area (Å²) in [4.78, 5) is 11.9. The van der Waals surface area contributed by atoms with Crippen molar-refractivity contribution in [2.75, 3.05) is 13.1 Å². The number of carbonyl (C=O) groups excluding carboxylic acids is 1. The van der Waals surface area contributed by atoms with Crippen LogP contribution in [0.1, 0.15) is 38.3 Å². The normalized spacial score (nSPS) is 12.2. The SMILES string of the molecule is CC[C@@H](N[C@H](C)CC(=O)NCCN)c1ccc(Cl)c(Oc2ccccc2)c1F.Cl.Cl. The van der Waals surface area contributed by atoms with Crippen LogP contribution in [0.2, 0.25) is 5.02 Å². The summed E-state index contributed by atoms with van der Waals surface area (Å²) in [6, 6.07) is 11.8. The van der Waals surface area contributed by atoms with Gasteiger partial charge in [-0.15, -0.1) is 24.8 Å². The Bertz CT molecular complexity index is 782. The van der Waals surface area contributed by atoms with Crippen LogP contribution in [0.15, 0.2) is 42.5 Å². The van der Waals surface area contributed by atoms with E-state index < -0.39 is 5.82 Å². The standard InChI is InChI=1S/C21H27ClFN3O2.2ClH/c1-3-18(26-14(2)13-19(27)25-12-11-24)16-9-10-17(22)21(20(16)23)28-15-7-5-4-6-8-15;;/h4-10,14,18,26H,3,11-13,24H2,1-2H3,(H,25,27);2*1H/t14-,18-;;/m1../s1. The van der Waals surface area contributed by atoms with E-state index in [9.17, 15) is 4.79 Å². The topological polar surface area (TPSA) is 76.4 Å². The first-order chi connectivity index (χ1) is 13.5. The number of benzene rings is 2. The average molecular weight is 481 g/mol. The Labute approximate surface area is 194 Å². The van der Waals surface area contributed by atoms with Gasteiger partial charge in [0.15, 0.2) is 11.6 Å². The molecule has 0 fully saturated rings. The summed E-state index contributed by atoms with van der Waals surface area (Å²) in [5.74, 6) is -0.0918. The number of amides is 1. The number of ether oxygens (including phenoxy) is 1. The third kappa shape index (κ3) is 8.28. The lowest BCUT2D eigenvalue weighted by Gasteiger charge is -2.24. The fraction of sp³-hybridized carbons (Fsp3) is 0.381. The molecule has 0 aliphatic carbocycles. The number of nitrogens with one attached hydrogen (secondary N) is 2. The first-order valence-corrected chi connectivity index (χ1v) is 9.77. The van der Waals surface area contributed by atoms with E-state index in [1.165, 1.54) is 0 Å². The maximum atomic E-state index is 15.2. The fourth-order valence-corrected chi connectivity index (χ4v) is 3.09. The first-order valence-electron chi connectivity index (χ1n) is 9.39. The Balaban J connectivity index is 0.00000420. The Morgan fingerprint density at radius 1 is 1.20 bits per heavy atom. The van der Waals surface area contributed by atoms with Crippen LogP contribution in [0, 0.1) is 5.82 Å². The molecule has 0 radical (unpaired) electrons. The molecule has 0 bridgehead atoms. The smallest absolute Gasteiger partial charge is 0.221 e. The zero-order chi connectivity index (χ0) is 20.5. The molecule has 2 aromatic rings. The number of rotatable bonds is 10. The quantitative estimate of drug-likeness (QED) is 0.447. The molecule has 0 heterocycles. The van der Waals surface area contributed by atoms with Crippen molar-refractivity contribution in [1.29, 1.82) is 0 Å². The van der Waals surface area contributed by atoms with Crippen molar-refractivity contribution in [3.05, 3.63) is 58.9 Å². The Hall–Kier alpha value is -1.57. The fourth-order valence-electron chi connectivity index (χ4n) is 2.91. The van der Waals surface area contributed by atoms with Crippen LogP contribution < -0.4 is 21.1 Å². The Morgan fingerprint density at radius 2 is 1.87 bits per heavy atom. The lowest BCUT2D eigenvalue weighted by atomic mass is 10.0. The number of hydrogen-bond acceptors (Lipinski definition) is 4. The van der Waals surface area contributed by atoms with Gasteiger partial charge < -0.3 is 21.1 Å². The van der Waals surface area contributed by atoms with Crippen molar-refractivity contribution in [2.24, 2.45) is 5.73 Å². The molecule has 2 aromatic carbocycles. The monoisotopic (exact) mass is 479 g/mol. The number of carbonyl (C=O) groups is 1. The molecule has 1 amide bonds. The predicted octanol–water partition coefficient (Wildman–Crippen LogP) is 5.01. The molecule has 2 atom stereocenters. The van der Waals surface area contributed by atoms with Crippen molar-refractivity contribution < 1.29 is 13.9 Å². The van der Waals surface area contributed by atoms with Gasteiger partial charge in [0.05, 0.1) is 5.02 Å². The highest BCUT2D eigenvalue weighted by atomic mass is 35.5. The molecule has 0 aromatic heterocycles. The summed E-state index contributed by atoms with van der Waals surface area (Å²) >= 11 is 6.17. The van der Waals surface area contributed by atoms with Crippen LogP contribution in [0.3, 0.4) is 0 Å². The van der Waals surface area contributed by atoms with Crippen LogP contribution in [0.25, 0.3) is 0 Å². The largest absolute Gasteiger partial charge is 0.453 e. The zero-order valence-electron chi connectivity index (χ0n) is 17.0. The molecule has 5 nitrogen and oxygen atoms in total. The second kappa shape index (κ2) is 14.4. The van der Waals surface area contributed by atoms with Crippen LogP contribution in [0.5, 0.6) is 11.5 Å². The molecule has 2 rings (SSSR count). The third-order valence-corrected chi connectivity index (χ3v) is 4.57. The highest BCUT2D eigenvalue weighted by molar-refractivity contribution is 6.32. The summed E-state index contributed by atoms with van der Waals surface area (Å²) in [6.45, 7) is 4.67. The molecule has 4 N–H and O–H groups in total. The minimum Gasteiger partial charge on any atom is -0.453 e. The van der Waals surface area contributed by atoms with Crippen LogP contribution in [-0.4, -0.2) is 25.0 Å². The van der Waals surface area contributed by atoms with Crippen molar-refractivity contribution in [3.63, 3.8) is 0 Å². The van der Waals surface area contributed by atoms with Gasteiger partial charge in [-0.2, -0.15) is 0 Å². The molecular formula is C21H29Cl3FN3O2. The van der Waals surface area contributed by atoms with Crippen molar-refractivity contribution in [2.45, 2.75) is 38.8 Å². The maximum absolute atomic E-state index is 15.2. The van der Waals surface area contributed by atoms with Crippen LogP contribution >= 0.6 is 36.4 Å². The molecule has 30 heavy (non-hydrogen) atoms. The van der Waals surface area contributed by atoms with E-state index in [0.29, 0.717) is 30.8 Å². The van der Waals surface area contributed by atoms with E-state index in [4.69, 9.17) is 22.1 Å². The van der Waals surface area contributed by atoms with E-state index in [1.807, 2.05) is 19.9 Å². The second-order valence-corrected chi connectivity index (χ2v) is 6.97. The van der Waals surface area contributed by atoms with Crippen molar-refractivity contribution in [3.8, 4) is 11.5 Å². The minimum atomic E-state index is -0.504. The van der Waals surface area contributed by atoms with Crippen molar-refractivity contribution >= 4 is 42.3 Å². The average Bonchev–Trinajstić information content (AvgIpc) is 2.69. The van der Waals surface area contributed by atoms with Gasteiger partial charge >= 0.3 is 0 Å². The van der Waals surface area contributed by atoms with Gasteiger partial charge in [-0.05, 0) is 31.5 Å². The number of hydrogen-bond donors (Lipinski definition) is 3. The molecule has 0 unspecified atom stereocenters. The lowest BCUT2D eigenvalue weighted by Crippen LogP contribution is -2.37. The predicted molar refractivity (Wildman–Crippen MR) is 125 cm³/mol. The molecule has 0 aliphatic heterocycles. The number of halogens is 4. The first kappa shape index (κ1) is 28.4. The second-order valence-electron chi connectivity index (χ2n) is 6.57. The Morgan fingerprint density at radius 3 is 2.47 bits per heavy atom. The maximum Gasteiger partial charge on any atom is 0.221 e. The summed E-state index contributed by atoms with van der Waals surface area (Å²) < 4.78 is 20.9. The van der Waals surface area contributed by atoms with Gasteiger partial charge in [0, 0.05) is 37.2 Å². The van der Waals surface area contributed by atoms with E-state index in [1.54, 1.807) is 36.4 Å². The summed E-state index contributed by atoms with van der Waals surface area (Å²) in [5.41, 5.74) is 5.84. The number of nitrogens with two attached hydrogens (primary N) is 1. The molecular weight excluding hydrogens is 452 g/mol. The Kier molecular flexibility index (Phi) is 13.7. The highest BCUT2D eigenvalue weighted by Gasteiger charge is 2.22. The van der Waals surface area contributed by atoms with E-state index in [-0.39, 0.29) is 60.0 Å². The van der Waals surface area contributed by atoms with Gasteiger partial charge in [0.2, 0.25) is 5.91 Å². The molecule has 168 valence electrons. The van der Waals surface area contributed by atoms with Gasteiger partial charge in [-0.3, -0.25) is 4.79 Å². The molecule has 0 saturated carbocycles. The van der Waals surface area contributed by atoms with Crippen LogP contribution in [0.4, 0.5) is 4.39 Å². The van der Waals surface area contributed by atoms with E-state index in [0.717, 1.165) is 0 Å². The van der Waals surface area contributed by atoms with E-state index >= 15 is 4.39 Å². The number of para-hydroxylation sites is 1. The summed E-state index contributed by atoms with van der Waals surface area (Å²) in [5, 5.41) is 6.25. The highest BCUT2D eigenvalue weighted by Crippen LogP contribution is 2.36. The van der Waals surface area contributed by atoms with Gasteiger partial charge in [0.25, 0.3) is 0 Å². The van der Waals surface area contributed by atoms with E-state index in [2.05, 4.69) is 10.6 Å². The zero-order valence-corrected chi connectivity index (χ0v) is 19.4. The lowest BCUT2D eigenvalue weighted by molar-refractivity contribution is -0.121. The molecule has 9 heteroatoms. The van der Waals surface area contributed by atoms with Gasteiger partial charge in [-0.1, -0.05) is 42.8 Å². The van der Waals surface area contributed by atoms with Crippen molar-refractivity contribution in [1.82, 2.24) is 10.6 Å². The van der Waals surface area contributed by atoms with Gasteiger partial charge in [-0.25, -0.2) is 4.39 Å². The van der Waals surface area contributed by atoms with Crippen LogP contribution in [-0.2, 0) is 4.79 Å². The van der Waals surface area contributed by atoms with Gasteiger partial charge in [0.1, 0.15) is 5.75 Å². The summed E-state index contributed by atoms with van der Waals surface area (Å²) in [6.07, 6.45) is 0.914. The summed E-state index contributed by atoms with van der Waals surface area (Å²) in [7, 11) is 0. The minimum absolute atomic E-state index is 0. The molecule has 0 spiro atoms. The molecule has 0 aliphatic rings. The third-order valence-electron chi connectivity index (χ3n) is 4.27. The molecule has 0 saturated heterocycles.